The third-order valence-electron chi connectivity index (χ3n) is 4.79. The summed E-state index contributed by atoms with van der Waals surface area (Å²) >= 11 is 5.90. The minimum Gasteiger partial charge on any atom is -0.478 e. The average molecular weight is 353 g/mol. The number of aromatic carboxylic acids is 1. The van der Waals surface area contributed by atoms with Crippen LogP contribution in [0.5, 0.6) is 5.75 Å². The van der Waals surface area contributed by atoms with Gasteiger partial charge in [-0.25, -0.2) is 4.79 Å². The zero-order valence-corrected chi connectivity index (χ0v) is 14.8. The summed E-state index contributed by atoms with van der Waals surface area (Å²) in [5.41, 5.74) is 0.00375. The molecule has 1 aliphatic rings. The minimum atomic E-state index is -1.10. The van der Waals surface area contributed by atoms with Crippen molar-refractivity contribution >= 4 is 23.5 Å². The van der Waals surface area contributed by atoms with Crippen molar-refractivity contribution in [1.29, 1.82) is 0 Å². The Morgan fingerprint density at radius 3 is 2.50 bits per heavy atom. The summed E-state index contributed by atoms with van der Waals surface area (Å²) in [6.07, 6.45) is 8.99. The van der Waals surface area contributed by atoms with Gasteiger partial charge in [0.2, 0.25) is 0 Å². The lowest BCUT2D eigenvalue weighted by atomic mass is 9.80. The van der Waals surface area contributed by atoms with Gasteiger partial charge in [-0.2, -0.15) is 0 Å². The summed E-state index contributed by atoms with van der Waals surface area (Å²) in [7, 11) is 0. The Kier molecular flexibility index (Phi) is 7.10. The molecule has 132 valence electrons. The van der Waals surface area contributed by atoms with Crippen molar-refractivity contribution in [2.75, 3.05) is 0 Å². The number of hydrogen-bond acceptors (Lipinski definition) is 3. The Labute approximate surface area is 148 Å². The highest BCUT2D eigenvalue weighted by atomic mass is 35.5. The SMILES string of the molecule is CCCCCC1CCC(C(=O)Oc2ccc(C(=O)O)c(Cl)c2)CC1. The highest BCUT2D eigenvalue weighted by Crippen LogP contribution is 2.33. The van der Waals surface area contributed by atoms with Crippen molar-refractivity contribution in [2.45, 2.75) is 58.3 Å². The van der Waals surface area contributed by atoms with E-state index in [9.17, 15) is 9.59 Å². The maximum atomic E-state index is 12.3. The number of carbonyl (C=O) groups is 2. The van der Waals surface area contributed by atoms with Crippen molar-refractivity contribution in [3.63, 3.8) is 0 Å². The Morgan fingerprint density at radius 2 is 1.92 bits per heavy atom. The van der Waals surface area contributed by atoms with E-state index >= 15 is 0 Å². The second kappa shape index (κ2) is 9.07. The van der Waals surface area contributed by atoms with E-state index in [0.29, 0.717) is 5.75 Å². The highest BCUT2D eigenvalue weighted by molar-refractivity contribution is 6.33. The van der Waals surface area contributed by atoms with Crippen molar-refractivity contribution in [1.82, 2.24) is 0 Å². The van der Waals surface area contributed by atoms with Crippen LogP contribution in [0.2, 0.25) is 5.02 Å². The normalized spacial score (nSPS) is 20.6. The number of carbonyl (C=O) groups excluding carboxylic acids is 1. The molecule has 0 unspecified atom stereocenters. The molecular formula is C19H25ClO4. The molecule has 4 nitrogen and oxygen atoms in total. The molecule has 1 aromatic carbocycles. The highest BCUT2D eigenvalue weighted by Gasteiger charge is 2.27. The molecule has 1 fully saturated rings. The Morgan fingerprint density at radius 1 is 1.21 bits per heavy atom. The van der Waals surface area contributed by atoms with E-state index < -0.39 is 5.97 Å². The third-order valence-corrected chi connectivity index (χ3v) is 5.10. The zero-order chi connectivity index (χ0) is 17.5. The molecule has 0 saturated heterocycles. The first-order chi connectivity index (χ1) is 11.5. The number of rotatable bonds is 7. The predicted molar refractivity (Wildman–Crippen MR) is 93.6 cm³/mol. The maximum absolute atomic E-state index is 12.3. The third kappa shape index (κ3) is 5.23. The molecular weight excluding hydrogens is 328 g/mol. The Bertz CT molecular complexity index is 577. The second-order valence-electron chi connectivity index (χ2n) is 6.58. The fourth-order valence-electron chi connectivity index (χ4n) is 3.30. The van der Waals surface area contributed by atoms with E-state index in [1.54, 1.807) is 0 Å². The van der Waals surface area contributed by atoms with Crippen molar-refractivity contribution < 1.29 is 19.4 Å². The molecule has 1 N–H and O–H groups in total. The molecule has 1 aliphatic carbocycles. The van der Waals surface area contributed by atoms with Crippen LogP contribution in [0.1, 0.15) is 68.6 Å². The first-order valence-corrected chi connectivity index (χ1v) is 9.13. The molecule has 0 heterocycles. The smallest absolute Gasteiger partial charge is 0.337 e. The molecule has 2 rings (SSSR count). The summed E-state index contributed by atoms with van der Waals surface area (Å²) in [5, 5.41) is 9.03. The van der Waals surface area contributed by atoms with Crippen molar-refractivity contribution in [2.24, 2.45) is 11.8 Å². The van der Waals surface area contributed by atoms with E-state index in [1.807, 2.05) is 0 Å². The van der Waals surface area contributed by atoms with E-state index in [2.05, 4.69) is 6.92 Å². The number of unbranched alkanes of at least 4 members (excludes halogenated alkanes) is 2. The first-order valence-electron chi connectivity index (χ1n) is 8.75. The van der Waals surface area contributed by atoms with Gasteiger partial charge in [-0.3, -0.25) is 4.79 Å². The number of benzene rings is 1. The number of carboxylic acids is 1. The Balaban J connectivity index is 1.83. The van der Waals surface area contributed by atoms with Crippen molar-refractivity contribution in [3.8, 4) is 5.75 Å². The number of esters is 1. The summed E-state index contributed by atoms with van der Waals surface area (Å²) in [5.74, 6) is -0.351. The quantitative estimate of drug-likeness (QED) is 0.409. The fraction of sp³-hybridized carbons (Fsp3) is 0.579. The Hall–Kier alpha value is -1.55. The summed E-state index contributed by atoms with van der Waals surface area (Å²) in [6, 6.07) is 4.22. The summed E-state index contributed by atoms with van der Waals surface area (Å²) < 4.78 is 5.39. The first kappa shape index (κ1) is 18.8. The van der Waals surface area contributed by atoms with Crippen LogP contribution in [0.4, 0.5) is 0 Å². The monoisotopic (exact) mass is 352 g/mol. The number of carboxylic acid groups (broad SMARTS) is 1. The molecule has 0 aliphatic heterocycles. The molecule has 5 heteroatoms. The van der Waals surface area contributed by atoms with Crippen LogP contribution in [0.25, 0.3) is 0 Å². The summed E-state index contributed by atoms with van der Waals surface area (Å²) in [4.78, 5) is 23.2. The number of ether oxygens (including phenoxy) is 1. The van der Waals surface area contributed by atoms with Gasteiger partial charge in [0, 0.05) is 6.07 Å². The van der Waals surface area contributed by atoms with Gasteiger partial charge in [-0.1, -0.05) is 44.2 Å². The molecule has 0 radical (unpaired) electrons. The molecule has 1 saturated carbocycles. The van der Waals surface area contributed by atoms with Gasteiger partial charge in [0.05, 0.1) is 16.5 Å². The minimum absolute atomic E-state index is 0.00375. The van der Waals surface area contributed by atoms with E-state index in [1.165, 1.54) is 43.9 Å². The van der Waals surface area contributed by atoms with Crippen LogP contribution in [0.3, 0.4) is 0 Å². The van der Waals surface area contributed by atoms with Crippen LogP contribution in [0, 0.1) is 11.8 Å². The molecule has 24 heavy (non-hydrogen) atoms. The van der Waals surface area contributed by atoms with Crippen LogP contribution in [-0.4, -0.2) is 17.0 Å². The fourth-order valence-corrected chi connectivity index (χ4v) is 3.55. The van der Waals surface area contributed by atoms with E-state index in [0.717, 1.165) is 31.6 Å². The summed E-state index contributed by atoms with van der Waals surface area (Å²) in [6.45, 7) is 2.21. The second-order valence-corrected chi connectivity index (χ2v) is 6.99. The molecule has 0 amide bonds. The van der Waals surface area contributed by atoms with Gasteiger partial charge in [0.15, 0.2) is 0 Å². The van der Waals surface area contributed by atoms with Gasteiger partial charge in [0.1, 0.15) is 5.75 Å². The lowest BCUT2D eigenvalue weighted by Gasteiger charge is -2.27. The lowest BCUT2D eigenvalue weighted by molar-refractivity contribution is -0.140. The standard InChI is InChI=1S/C19H25ClO4/c1-2-3-4-5-13-6-8-14(9-7-13)19(23)24-15-10-11-16(18(21)22)17(20)12-15/h10-14H,2-9H2,1H3,(H,21,22). The molecule has 0 bridgehead atoms. The topological polar surface area (TPSA) is 63.6 Å². The maximum Gasteiger partial charge on any atom is 0.337 e. The van der Waals surface area contributed by atoms with Crippen LogP contribution in [-0.2, 0) is 4.79 Å². The average Bonchev–Trinajstić information content (AvgIpc) is 2.55. The number of hydrogen-bond donors (Lipinski definition) is 1. The zero-order valence-electron chi connectivity index (χ0n) is 14.1. The van der Waals surface area contributed by atoms with Gasteiger partial charge < -0.3 is 9.84 Å². The largest absolute Gasteiger partial charge is 0.478 e. The van der Waals surface area contributed by atoms with Crippen molar-refractivity contribution in [3.05, 3.63) is 28.8 Å². The van der Waals surface area contributed by atoms with Crippen LogP contribution in [0.15, 0.2) is 18.2 Å². The van der Waals surface area contributed by atoms with Gasteiger partial charge in [0.25, 0.3) is 0 Å². The van der Waals surface area contributed by atoms with Gasteiger partial charge in [-0.05, 0) is 43.7 Å². The molecule has 0 spiro atoms. The molecule has 0 atom stereocenters. The van der Waals surface area contributed by atoms with Crippen LogP contribution < -0.4 is 4.74 Å². The van der Waals surface area contributed by atoms with E-state index in [-0.39, 0.29) is 22.5 Å². The van der Waals surface area contributed by atoms with E-state index in [4.69, 9.17) is 21.4 Å². The molecule has 0 aromatic heterocycles. The number of halogens is 1. The molecule has 1 aromatic rings. The predicted octanol–water partition coefficient (Wildman–Crippen LogP) is 5.33. The lowest BCUT2D eigenvalue weighted by Crippen LogP contribution is -2.25. The van der Waals surface area contributed by atoms with Crippen LogP contribution >= 0.6 is 11.6 Å². The van der Waals surface area contributed by atoms with Gasteiger partial charge >= 0.3 is 11.9 Å². The van der Waals surface area contributed by atoms with Gasteiger partial charge in [-0.15, -0.1) is 0 Å².